The number of aliphatic hydroxyl groups excluding tert-OH is 2. The molecule has 2 fully saturated rings. The number of benzene rings is 3. The molecule has 0 aromatic heterocycles. The first kappa shape index (κ1) is 59.4. The average Bonchev–Trinajstić information content (AvgIpc) is 4.07. The second-order valence-electron chi connectivity index (χ2n) is 21.2. The maximum atomic E-state index is 14.6. The Morgan fingerprint density at radius 1 is 0.886 bits per heavy atom. The number of aromatic hydroxyl groups is 2. The van der Waals surface area contributed by atoms with Crippen LogP contribution < -0.4 is 26.0 Å². The Kier molecular flexibility index (Phi) is 18.9. The molecule has 23 heteroatoms. The molecule has 2 aliphatic heterocycles. The summed E-state index contributed by atoms with van der Waals surface area (Å²) in [7, 11) is 1.28. The normalized spacial score (nSPS) is 23.5. The summed E-state index contributed by atoms with van der Waals surface area (Å²) in [4.78, 5) is 122. The number of likely N-dealkylation sites (tertiary alicyclic amines) is 1. The van der Waals surface area contributed by atoms with Gasteiger partial charge in [-0.15, -0.1) is 0 Å². The highest BCUT2D eigenvalue weighted by Crippen LogP contribution is 2.52. The van der Waals surface area contributed by atoms with Gasteiger partial charge in [-0.2, -0.15) is 0 Å². The molecule has 10 atom stereocenters. The number of hydrogen-bond acceptors (Lipinski definition) is 17. The van der Waals surface area contributed by atoms with E-state index in [4.69, 9.17) is 19.3 Å². The number of ketones is 3. The van der Waals surface area contributed by atoms with E-state index in [1.165, 1.54) is 37.1 Å². The van der Waals surface area contributed by atoms with E-state index in [1.807, 2.05) is 13.8 Å². The zero-order valence-electron chi connectivity index (χ0n) is 44.6. The second kappa shape index (κ2) is 25.2. The van der Waals surface area contributed by atoms with Gasteiger partial charge in [-0.3, -0.25) is 43.2 Å². The Morgan fingerprint density at radius 3 is 2.27 bits per heavy atom. The third-order valence-corrected chi connectivity index (χ3v) is 15.1. The minimum absolute atomic E-state index is 0.0161. The van der Waals surface area contributed by atoms with Crippen molar-refractivity contribution in [2.24, 2.45) is 11.8 Å². The Hall–Kier alpha value is -7.31. The van der Waals surface area contributed by atoms with Crippen molar-refractivity contribution in [3.63, 3.8) is 0 Å². The molecule has 3 aromatic carbocycles. The van der Waals surface area contributed by atoms with E-state index in [0.717, 1.165) is 0 Å². The Morgan fingerprint density at radius 2 is 1.59 bits per heavy atom. The molecule has 4 aliphatic rings. The number of phenols is 2. The summed E-state index contributed by atoms with van der Waals surface area (Å²) in [6.07, 6.45) is -6.67. The van der Waals surface area contributed by atoms with Crippen LogP contribution in [0, 0.1) is 11.8 Å². The number of carboxylic acids is 1. The number of carbonyl (C=O) groups is 9. The van der Waals surface area contributed by atoms with E-state index in [0.29, 0.717) is 12.0 Å². The first-order valence-electron chi connectivity index (χ1n) is 26.4. The zero-order valence-corrected chi connectivity index (χ0v) is 44.6. The van der Waals surface area contributed by atoms with Crippen LogP contribution in [0.15, 0.2) is 48.5 Å². The first-order chi connectivity index (χ1) is 37.5. The Labute approximate surface area is 455 Å². The number of hydrogen-bond donors (Lipinski definition) is 10. The van der Waals surface area contributed by atoms with Crippen molar-refractivity contribution in [3.05, 3.63) is 87.5 Å². The van der Waals surface area contributed by atoms with Gasteiger partial charge >= 0.3 is 5.97 Å². The van der Waals surface area contributed by atoms with Gasteiger partial charge in [-0.05, 0) is 50.2 Å². The standard InChI is InChI=1S/C56H69N5O18/c1-27(2)21-35(60-52(72)28(3)18-19-57-40(64)16-17-41(65)66)55(75)61-20-10-14-36(61)54(74)59-34(22-30-11-7-6-8-12-30)53(73)58-33-23-42(78-29(4)47(33)67)79-38-25-56(76,39(63)26-62)24-32-44(38)51(71)46-45(49(32)69)48(68)31-13-9-15-37(77-5)43(31)50(46)70/h6-9,11-13,15,27-29,33-36,38,42,47,62,67,69,71,76H,10,14,16-26H2,1-5H3,(H,57,64)(H,58,73)(H,59,74)(H,60,72)(H,65,66). The number of carbonyl (C=O) groups excluding carboxylic acids is 8. The molecule has 7 rings (SSSR count). The molecule has 426 valence electrons. The lowest BCUT2D eigenvalue weighted by Gasteiger charge is -2.43. The van der Waals surface area contributed by atoms with Crippen LogP contribution >= 0.6 is 0 Å². The van der Waals surface area contributed by atoms with E-state index in [1.54, 1.807) is 37.3 Å². The summed E-state index contributed by atoms with van der Waals surface area (Å²) in [5, 5.41) is 77.0. The van der Waals surface area contributed by atoms with Gasteiger partial charge in [0.1, 0.15) is 53.7 Å². The number of nitrogens with zero attached hydrogens (tertiary/aromatic N) is 1. The number of rotatable bonds is 22. The zero-order chi connectivity index (χ0) is 57.6. The largest absolute Gasteiger partial charge is 0.507 e. The quantitative estimate of drug-likeness (QED) is 0.0498. The van der Waals surface area contributed by atoms with Crippen LogP contribution in [0.3, 0.4) is 0 Å². The number of aliphatic hydroxyl groups is 3. The van der Waals surface area contributed by atoms with Gasteiger partial charge in [-0.25, -0.2) is 0 Å². The number of ether oxygens (including phenoxy) is 3. The maximum absolute atomic E-state index is 14.6. The van der Waals surface area contributed by atoms with E-state index in [9.17, 15) is 68.7 Å². The number of methoxy groups -OCH3 is 1. The summed E-state index contributed by atoms with van der Waals surface area (Å²) < 4.78 is 17.8. The molecule has 0 radical (unpaired) electrons. The van der Waals surface area contributed by atoms with Gasteiger partial charge < -0.3 is 71.0 Å². The van der Waals surface area contributed by atoms with Crippen molar-refractivity contribution in [1.82, 2.24) is 26.2 Å². The molecule has 10 unspecified atom stereocenters. The molecule has 3 aromatic rings. The van der Waals surface area contributed by atoms with Gasteiger partial charge in [0.25, 0.3) is 0 Å². The number of nitrogens with one attached hydrogen (secondary N) is 4. The van der Waals surface area contributed by atoms with Crippen LogP contribution in [0.1, 0.15) is 134 Å². The smallest absolute Gasteiger partial charge is 0.303 e. The van der Waals surface area contributed by atoms with Crippen molar-refractivity contribution < 1.29 is 88.0 Å². The summed E-state index contributed by atoms with van der Waals surface area (Å²) in [6.45, 7) is 5.98. The average molecular weight is 1100 g/mol. The highest BCUT2D eigenvalue weighted by atomic mass is 16.7. The lowest BCUT2D eigenvalue weighted by Crippen LogP contribution is -2.60. The molecule has 0 spiro atoms. The van der Waals surface area contributed by atoms with Crippen LogP contribution in [0.5, 0.6) is 17.2 Å². The van der Waals surface area contributed by atoms with E-state index >= 15 is 0 Å². The number of carboxylic acid groups (broad SMARTS) is 1. The lowest BCUT2D eigenvalue weighted by molar-refractivity contribution is -0.249. The predicted octanol–water partition coefficient (Wildman–Crippen LogP) is 1.42. The number of Topliss-reactive ketones (excluding diaryl/α,β-unsaturated/α-hetero) is 1. The van der Waals surface area contributed by atoms with Crippen molar-refractivity contribution >= 4 is 52.9 Å². The van der Waals surface area contributed by atoms with Crippen molar-refractivity contribution in [2.75, 3.05) is 26.8 Å². The van der Waals surface area contributed by atoms with E-state index in [2.05, 4.69) is 21.3 Å². The molecular formula is C56H69N5O18. The third-order valence-electron chi connectivity index (χ3n) is 15.1. The van der Waals surface area contributed by atoms with Crippen molar-refractivity contribution in [3.8, 4) is 17.2 Å². The fourth-order valence-corrected chi connectivity index (χ4v) is 10.8. The number of fused-ring (bicyclic) bond motifs is 3. The van der Waals surface area contributed by atoms with Gasteiger partial charge in [0, 0.05) is 67.8 Å². The minimum atomic E-state index is -2.44. The maximum Gasteiger partial charge on any atom is 0.303 e. The highest BCUT2D eigenvalue weighted by molar-refractivity contribution is 6.31. The summed E-state index contributed by atoms with van der Waals surface area (Å²) >= 11 is 0. The van der Waals surface area contributed by atoms with Gasteiger partial charge in [0.05, 0.1) is 48.5 Å². The lowest BCUT2D eigenvalue weighted by atomic mass is 9.72. The Balaban J connectivity index is 1.09. The van der Waals surface area contributed by atoms with Crippen LogP contribution in [-0.2, 0) is 55.9 Å². The molecule has 0 saturated carbocycles. The van der Waals surface area contributed by atoms with Gasteiger partial charge in [0.15, 0.2) is 17.9 Å². The summed E-state index contributed by atoms with van der Waals surface area (Å²) in [6, 6.07) is 8.44. The predicted molar refractivity (Wildman–Crippen MR) is 278 cm³/mol. The number of amides is 5. The molecule has 2 heterocycles. The summed E-state index contributed by atoms with van der Waals surface area (Å²) in [5.41, 5.74) is -3.86. The number of phenolic OH excluding ortho intramolecular Hbond substituents is 2. The fraction of sp³-hybridized carbons (Fsp3) is 0.518. The van der Waals surface area contributed by atoms with Crippen molar-refractivity contribution in [1.29, 1.82) is 0 Å². The first-order valence-corrected chi connectivity index (χ1v) is 26.4. The molecule has 23 nitrogen and oxygen atoms in total. The molecule has 2 aliphatic carbocycles. The van der Waals surface area contributed by atoms with Gasteiger partial charge in [0.2, 0.25) is 35.3 Å². The Bertz CT molecular complexity index is 2860. The highest BCUT2D eigenvalue weighted by Gasteiger charge is 2.51. The second-order valence-corrected chi connectivity index (χ2v) is 21.2. The van der Waals surface area contributed by atoms with Gasteiger partial charge in [-0.1, -0.05) is 63.2 Å². The monoisotopic (exact) mass is 1100 g/mol. The van der Waals surface area contributed by atoms with Crippen LogP contribution in [0.2, 0.25) is 0 Å². The van der Waals surface area contributed by atoms with Crippen LogP contribution in [0.25, 0.3) is 0 Å². The molecule has 0 bridgehead atoms. The fourth-order valence-electron chi connectivity index (χ4n) is 10.8. The molecule has 79 heavy (non-hydrogen) atoms. The number of aliphatic carboxylic acids is 1. The van der Waals surface area contributed by atoms with Crippen LogP contribution in [-0.4, -0.2) is 163 Å². The minimum Gasteiger partial charge on any atom is -0.507 e. The molecule has 2 saturated heterocycles. The third kappa shape index (κ3) is 13.1. The summed E-state index contributed by atoms with van der Waals surface area (Å²) in [5.74, 6) is -9.08. The SMILES string of the molecule is COc1cccc2c1C(=O)c1c(O)c3c(c(O)c1C2=O)CC(O)(C(=O)CO)CC3OC1CC(NC(=O)C(Cc2ccccc2)NC(=O)C2CCCN2C(=O)C(CC(C)C)NC(=O)C(C)CCNC(=O)CCC(=O)O)C(O)C(C)O1. The molecule has 5 amide bonds. The molecular weight excluding hydrogens is 1030 g/mol. The van der Waals surface area contributed by atoms with E-state index in [-0.39, 0.29) is 92.0 Å². The topological polar surface area (TPSA) is 354 Å². The van der Waals surface area contributed by atoms with Crippen molar-refractivity contribution in [2.45, 2.75) is 146 Å². The van der Waals surface area contributed by atoms with Crippen LogP contribution in [0.4, 0.5) is 0 Å². The van der Waals surface area contributed by atoms with E-state index < -0.39 is 155 Å². The molecule has 10 N–H and O–H groups in total.